The average Bonchev–Trinajstić information content (AvgIpc) is 3.19. The molecule has 2 aromatic carbocycles. The Kier molecular flexibility index (Phi) is 6.43. The highest BCUT2D eigenvalue weighted by Gasteiger charge is 2.30. The van der Waals surface area contributed by atoms with E-state index in [0.29, 0.717) is 24.3 Å². The Hall–Kier alpha value is -2.97. The van der Waals surface area contributed by atoms with Crippen molar-refractivity contribution in [3.8, 4) is 0 Å². The fourth-order valence-electron chi connectivity index (χ4n) is 4.01. The van der Waals surface area contributed by atoms with Gasteiger partial charge in [0.25, 0.3) is 5.91 Å². The van der Waals surface area contributed by atoms with Crippen LogP contribution in [-0.2, 0) is 16.6 Å². The quantitative estimate of drug-likeness (QED) is 0.611. The highest BCUT2D eigenvalue weighted by molar-refractivity contribution is 7.89. The number of nitrogens with one attached hydrogen (secondary N) is 1. The molecule has 3 aromatic rings. The number of nitrogens with zero attached hydrogens (tertiary/aromatic N) is 3. The van der Waals surface area contributed by atoms with Gasteiger partial charge in [0.15, 0.2) is 0 Å². The lowest BCUT2D eigenvalue weighted by Gasteiger charge is -2.32. The maximum atomic E-state index is 13.0. The first-order valence-corrected chi connectivity index (χ1v) is 12.3. The van der Waals surface area contributed by atoms with Gasteiger partial charge in [-0.1, -0.05) is 18.6 Å². The van der Waals surface area contributed by atoms with Crippen LogP contribution < -0.4 is 5.32 Å². The van der Waals surface area contributed by atoms with Crippen molar-refractivity contribution in [1.29, 1.82) is 0 Å². The van der Waals surface area contributed by atoms with E-state index in [2.05, 4.69) is 10.3 Å². The summed E-state index contributed by atoms with van der Waals surface area (Å²) in [5.41, 5.74) is 2.19. The summed E-state index contributed by atoms with van der Waals surface area (Å²) in [6.07, 6.45) is 6.51. The predicted molar refractivity (Wildman–Crippen MR) is 124 cm³/mol. The van der Waals surface area contributed by atoms with Gasteiger partial charge in [-0.3, -0.25) is 4.79 Å². The van der Waals surface area contributed by atoms with Gasteiger partial charge in [0.2, 0.25) is 10.0 Å². The Morgan fingerprint density at radius 2 is 1.81 bits per heavy atom. The Labute approximate surface area is 189 Å². The number of anilines is 1. The second-order valence-corrected chi connectivity index (χ2v) is 10.1. The van der Waals surface area contributed by atoms with Gasteiger partial charge in [0.1, 0.15) is 5.82 Å². The lowest BCUT2D eigenvalue weighted by atomic mass is 10.1. The topological polar surface area (TPSA) is 84.3 Å². The van der Waals surface area contributed by atoms with E-state index in [1.807, 2.05) is 48.9 Å². The molecule has 1 saturated heterocycles. The molecular weight excluding hydrogens is 424 g/mol. The van der Waals surface area contributed by atoms with Crippen LogP contribution in [0, 0.1) is 6.92 Å². The molecule has 1 atom stereocenters. The van der Waals surface area contributed by atoms with E-state index in [0.717, 1.165) is 30.7 Å². The van der Waals surface area contributed by atoms with E-state index >= 15 is 0 Å². The summed E-state index contributed by atoms with van der Waals surface area (Å²) in [5, 5.41) is 2.87. The number of carbonyl (C=O) groups excluding carboxylic acids is 1. The molecule has 8 heteroatoms. The molecule has 1 unspecified atom stereocenters. The monoisotopic (exact) mass is 452 g/mol. The molecule has 2 heterocycles. The first kappa shape index (κ1) is 22.2. The van der Waals surface area contributed by atoms with Gasteiger partial charge >= 0.3 is 0 Å². The SMILES string of the molecule is Cc1nccn1Cc1ccc(NC(=O)c2ccc(S(=O)(=O)N3CCCCC3C)cc2)cc1. The smallest absolute Gasteiger partial charge is 0.255 e. The second-order valence-electron chi connectivity index (χ2n) is 8.24. The zero-order valence-electron chi connectivity index (χ0n) is 18.4. The minimum atomic E-state index is -3.55. The van der Waals surface area contributed by atoms with Crippen molar-refractivity contribution in [3.63, 3.8) is 0 Å². The summed E-state index contributed by atoms with van der Waals surface area (Å²) in [4.78, 5) is 17.1. The lowest BCUT2D eigenvalue weighted by molar-refractivity contribution is 0.102. The molecule has 4 rings (SSSR count). The molecule has 7 nitrogen and oxygen atoms in total. The van der Waals surface area contributed by atoms with Crippen LogP contribution in [0.5, 0.6) is 0 Å². The van der Waals surface area contributed by atoms with Crippen LogP contribution in [-0.4, -0.2) is 40.8 Å². The lowest BCUT2D eigenvalue weighted by Crippen LogP contribution is -2.41. The van der Waals surface area contributed by atoms with Gasteiger partial charge in [-0.15, -0.1) is 0 Å². The number of hydrogen-bond donors (Lipinski definition) is 1. The third-order valence-corrected chi connectivity index (χ3v) is 7.98. The highest BCUT2D eigenvalue weighted by Crippen LogP contribution is 2.25. The molecule has 1 aliphatic rings. The molecule has 1 N–H and O–H groups in total. The van der Waals surface area contributed by atoms with Crippen LogP contribution in [0.15, 0.2) is 65.8 Å². The molecule has 0 saturated carbocycles. The second kappa shape index (κ2) is 9.26. The molecule has 32 heavy (non-hydrogen) atoms. The molecule has 0 bridgehead atoms. The number of imidazole rings is 1. The van der Waals surface area contributed by atoms with Crippen molar-refractivity contribution in [2.24, 2.45) is 0 Å². The number of aryl methyl sites for hydroxylation is 1. The molecule has 0 radical (unpaired) electrons. The summed E-state index contributed by atoms with van der Waals surface area (Å²) >= 11 is 0. The number of aromatic nitrogens is 2. The molecule has 0 aliphatic carbocycles. The van der Waals surface area contributed by atoms with Gasteiger partial charge in [0.05, 0.1) is 4.90 Å². The Morgan fingerprint density at radius 1 is 1.09 bits per heavy atom. The van der Waals surface area contributed by atoms with Crippen LogP contribution in [0.25, 0.3) is 0 Å². The Balaban J connectivity index is 1.41. The molecule has 1 amide bonds. The van der Waals surface area contributed by atoms with Gasteiger partial charge < -0.3 is 9.88 Å². The van der Waals surface area contributed by atoms with Crippen LogP contribution in [0.4, 0.5) is 5.69 Å². The maximum Gasteiger partial charge on any atom is 0.255 e. The first-order chi connectivity index (χ1) is 15.3. The van der Waals surface area contributed by atoms with Crippen molar-refractivity contribution < 1.29 is 13.2 Å². The summed E-state index contributed by atoms with van der Waals surface area (Å²) in [6, 6.07) is 13.8. The number of rotatable bonds is 6. The largest absolute Gasteiger partial charge is 0.331 e. The zero-order valence-corrected chi connectivity index (χ0v) is 19.2. The van der Waals surface area contributed by atoms with Gasteiger partial charge in [-0.2, -0.15) is 4.31 Å². The summed E-state index contributed by atoms with van der Waals surface area (Å²) in [6.45, 7) is 5.16. The number of benzene rings is 2. The fourth-order valence-corrected chi connectivity index (χ4v) is 5.71. The molecule has 1 fully saturated rings. The fraction of sp³-hybridized carbons (Fsp3) is 0.333. The average molecular weight is 453 g/mol. The van der Waals surface area contributed by atoms with Crippen LogP contribution in [0.1, 0.15) is 47.9 Å². The Morgan fingerprint density at radius 3 is 2.44 bits per heavy atom. The van der Waals surface area contributed by atoms with Crippen LogP contribution in [0.3, 0.4) is 0 Å². The van der Waals surface area contributed by atoms with Crippen LogP contribution in [0.2, 0.25) is 0 Å². The molecule has 0 spiro atoms. The number of sulfonamides is 1. The molecular formula is C24H28N4O3S. The van der Waals surface area contributed by atoms with Crippen LogP contribution >= 0.6 is 0 Å². The van der Waals surface area contributed by atoms with Crippen molar-refractivity contribution in [2.75, 3.05) is 11.9 Å². The molecule has 168 valence electrons. The highest BCUT2D eigenvalue weighted by atomic mass is 32.2. The number of hydrogen-bond acceptors (Lipinski definition) is 4. The number of piperidine rings is 1. The zero-order chi connectivity index (χ0) is 22.7. The van der Waals surface area contributed by atoms with Gasteiger partial charge in [-0.25, -0.2) is 13.4 Å². The van der Waals surface area contributed by atoms with E-state index < -0.39 is 10.0 Å². The van der Waals surface area contributed by atoms with Crippen molar-refractivity contribution in [2.45, 2.75) is 50.6 Å². The maximum absolute atomic E-state index is 13.0. The number of amides is 1. The Bertz CT molecular complexity index is 1180. The van der Waals surface area contributed by atoms with E-state index in [1.54, 1.807) is 22.6 Å². The minimum absolute atomic E-state index is 0.00242. The normalized spacial score (nSPS) is 17.2. The molecule has 1 aliphatic heterocycles. The van der Waals surface area contributed by atoms with E-state index in [-0.39, 0.29) is 16.8 Å². The summed E-state index contributed by atoms with van der Waals surface area (Å²) in [5.74, 6) is 0.668. The predicted octanol–water partition coefficient (Wildman–Crippen LogP) is 4.06. The number of carbonyl (C=O) groups is 1. The third kappa shape index (κ3) is 4.76. The van der Waals surface area contributed by atoms with Gasteiger partial charge in [0, 0.05) is 42.8 Å². The van der Waals surface area contributed by atoms with Crippen molar-refractivity contribution >= 4 is 21.6 Å². The van der Waals surface area contributed by atoms with Crippen molar-refractivity contribution in [1.82, 2.24) is 13.9 Å². The van der Waals surface area contributed by atoms with Gasteiger partial charge in [-0.05, 0) is 68.7 Å². The summed E-state index contributed by atoms with van der Waals surface area (Å²) in [7, 11) is -3.55. The third-order valence-electron chi connectivity index (χ3n) is 5.95. The first-order valence-electron chi connectivity index (χ1n) is 10.8. The minimum Gasteiger partial charge on any atom is -0.331 e. The standard InChI is InChI=1S/C24H28N4O3S/c1-18-5-3-4-15-28(18)32(30,31)23-12-8-21(9-13-23)24(29)26-22-10-6-20(7-11-22)17-27-16-14-25-19(27)2/h6-14,16,18H,3-5,15,17H2,1-2H3,(H,26,29). The molecule has 1 aromatic heterocycles. The van der Waals surface area contributed by atoms with E-state index in [9.17, 15) is 13.2 Å². The van der Waals surface area contributed by atoms with E-state index in [1.165, 1.54) is 12.1 Å². The van der Waals surface area contributed by atoms with Crippen molar-refractivity contribution in [3.05, 3.63) is 77.9 Å². The van der Waals surface area contributed by atoms with E-state index in [4.69, 9.17) is 0 Å². The summed E-state index contributed by atoms with van der Waals surface area (Å²) < 4.78 is 29.5.